The number of hydrogen-bond donors (Lipinski definition) is 0. The van der Waals surface area contributed by atoms with E-state index >= 15 is 0 Å². The van der Waals surface area contributed by atoms with Gasteiger partial charge in [-0.1, -0.05) is 0 Å². The second-order valence-corrected chi connectivity index (χ2v) is 2.31. The van der Waals surface area contributed by atoms with E-state index in [1.807, 2.05) is 0 Å². The predicted octanol–water partition coefficient (Wildman–Crippen LogP) is 0.718. The molecule has 4 nitrogen and oxygen atoms in total. The predicted molar refractivity (Wildman–Crippen MR) is 37.9 cm³/mol. The SMILES string of the molecule is COC1(OC)OCCCCO1. The first kappa shape index (κ1) is 8.93. The quantitative estimate of drug-likeness (QED) is 0.560. The third-order valence-corrected chi connectivity index (χ3v) is 1.60. The first-order chi connectivity index (χ1) is 5.33. The molecule has 0 aromatic rings. The number of rotatable bonds is 2. The minimum Gasteiger partial charge on any atom is -0.307 e. The maximum atomic E-state index is 5.22. The summed E-state index contributed by atoms with van der Waals surface area (Å²) in [5, 5.41) is 0. The third kappa shape index (κ3) is 2.13. The van der Waals surface area contributed by atoms with Gasteiger partial charge < -0.3 is 18.9 Å². The lowest BCUT2D eigenvalue weighted by atomic mass is 10.3. The molecule has 0 N–H and O–H groups in total. The molecule has 0 aromatic heterocycles. The highest BCUT2D eigenvalue weighted by atomic mass is 17.0. The topological polar surface area (TPSA) is 36.9 Å². The highest BCUT2D eigenvalue weighted by molar-refractivity contribution is 4.48. The Morgan fingerprint density at radius 2 is 1.45 bits per heavy atom. The average Bonchev–Trinajstić information content (AvgIpc) is 2.30. The summed E-state index contributed by atoms with van der Waals surface area (Å²) in [4.78, 5) is 0. The van der Waals surface area contributed by atoms with E-state index in [4.69, 9.17) is 18.9 Å². The van der Waals surface area contributed by atoms with Crippen LogP contribution in [0.4, 0.5) is 0 Å². The van der Waals surface area contributed by atoms with Crippen molar-refractivity contribution in [3.8, 4) is 0 Å². The van der Waals surface area contributed by atoms with E-state index in [1.165, 1.54) is 14.2 Å². The van der Waals surface area contributed by atoms with E-state index in [0.717, 1.165) is 12.8 Å². The molecule has 1 heterocycles. The zero-order valence-corrected chi connectivity index (χ0v) is 6.96. The normalized spacial score (nSPS) is 24.5. The summed E-state index contributed by atoms with van der Waals surface area (Å²) in [6, 6.07) is 0. The van der Waals surface area contributed by atoms with Crippen LogP contribution < -0.4 is 0 Å². The maximum Gasteiger partial charge on any atom is 0.412 e. The maximum absolute atomic E-state index is 5.22. The molecule has 0 saturated carbocycles. The van der Waals surface area contributed by atoms with Crippen LogP contribution in [0.3, 0.4) is 0 Å². The minimum absolute atomic E-state index is 0.613. The summed E-state index contributed by atoms with van der Waals surface area (Å²) >= 11 is 0. The Morgan fingerprint density at radius 1 is 1.00 bits per heavy atom. The Hall–Kier alpha value is -0.160. The second kappa shape index (κ2) is 4.01. The van der Waals surface area contributed by atoms with Crippen LogP contribution in [0.2, 0.25) is 0 Å². The van der Waals surface area contributed by atoms with Crippen LogP contribution in [-0.2, 0) is 18.9 Å². The zero-order valence-electron chi connectivity index (χ0n) is 6.96. The zero-order chi connectivity index (χ0) is 8.16. The summed E-state index contributed by atoms with van der Waals surface area (Å²) in [5.41, 5.74) is 0. The van der Waals surface area contributed by atoms with Crippen molar-refractivity contribution in [3.63, 3.8) is 0 Å². The molecule has 0 bridgehead atoms. The van der Waals surface area contributed by atoms with Gasteiger partial charge in [0.15, 0.2) is 0 Å². The molecule has 0 aliphatic carbocycles. The number of methoxy groups -OCH3 is 2. The van der Waals surface area contributed by atoms with Crippen molar-refractivity contribution in [1.29, 1.82) is 0 Å². The monoisotopic (exact) mass is 162 g/mol. The van der Waals surface area contributed by atoms with Gasteiger partial charge in [-0.05, 0) is 12.8 Å². The van der Waals surface area contributed by atoms with Gasteiger partial charge in [0.1, 0.15) is 0 Å². The summed E-state index contributed by atoms with van der Waals surface area (Å²) < 4.78 is 20.3. The molecule has 66 valence electrons. The molecular weight excluding hydrogens is 148 g/mol. The van der Waals surface area contributed by atoms with Crippen LogP contribution in [0.15, 0.2) is 0 Å². The van der Waals surface area contributed by atoms with Gasteiger partial charge in [-0.3, -0.25) is 0 Å². The fourth-order valence-corrected chi connectivity index (χ4v) is 0.959. The van der Waals surface area contributed by atoms with Crippen molar-refractivity contribution in [2.45, 2.75) is 19.0 Å². The molecule has 11 heavy (non-hydrogen) atoms. The van der Waals surface area contributed by atoms with E-state index < -0.39 is 6.16 Å². The van der Waals surface area contributed by atoms with Gasteiger partial charge in [0.25, 0.3) is 0 Å². The van der Waals surface area contributed by atoms with Crippen molar-refractivity contribution in [2.75, 3.05) is 27.4 Å². The van der Waals surface area contributed by atoms with E-state index in [9.17, 15) is 0 Å². The van der Waals surface area contributed by atoms with E-state index in [2.05, 4.69) is 0 Å². The number of ether oxygens (including phenoxy) is 4. The molecular formula is C7H14O4. The van der Waals surface area contributed by atoms with E-state index in [-0.39, 0.29) is 0 Å². The Labute approximate surface area is 66.4 Å². The van der Waals surface area contributed by atoms with Gasteiger partial charge in [0.05, 0.1) is 13.2 Å². The molecule has 1 fully saturated rings. The highest BCUT2D eigenvalue weighted by Crippen LogP contribution is 2.19. The lowest BCUT2D eigenvalue weighted by molar-refractivity contribution is -0.481. The van der Waals surface area contributed by atoms with E-state index in [1.54, 1.807) is 0 Å². The summed E-state index contributed by atoms with van der Waals surface area (Å²) in [5.74, 6) is 0. The van der Waals surface area contributed by atoms with Crippen LogP contribution in [-0.4, -0.2) is 33.6 Å². The fourth-order valence-electron chi connectivity index (χ4n) is 0.959. The minimum atomic E-state index is -1.25. The van der Waals surface area contributed by atoms with Crippen molar-refractivity contribution in [1.82, 2.24) is 0 Å². The van der Waals surface area contributed by atoms with Gasteiger partial charge in [0.2, 0.25) is 0 Å². The van der Waals surface area contributed by atoms with Gasteiger partial charge in [-0.25, -0.2) is 0 Å². The fraction of sp³-hybridized carbons (Fsp3) is 1.00. The largest absolute Gasteiger partial charge is 0.412 e. The first-order valence-corrected chi connectivity index (χ1v) is 3.71. The highest BCUT2D eigenvalue weighted by Gasteiger charge is 2.34. The van der Waals surface area contributed by atoms with Gasteiger partial charge in [-0.2, -0.15) is 0 Å². The molecule has 0 atom stereocenters. The first-order valence-electron chi connectivity index (χ1n) is 3.71. The van der Waals surface area contributed by atoms with Crippen LogP contribution >= 0.6 is 0 Å². The van der Waals surface area contributed by atoms with Gasteiger partial charge >= 0.3 is 6.16 Å². The average molecular weight is 162 g/mol. The molecule has 0 radical (unpaired) electrons. The van der Waals surface area contributed by atoms with Crippen LogP contribution in [0.25, 0.3) is 0 Å². The van der Waals surface area contributed by atoms with Crippen LogP contribution in [0.5, 0.6) is 0 Å². The molecule has 0 spiro atoms. The van der Waals surface area contributed by atoms with Crippen molar-refractivity contribution in [2.24, 2.45) is 0 Å². The summed E-state index contributed by atoms with van der Waals surface area (Å²) in [7, 11) is 2.99. The van der Waals surface area contributed by atoms with Crippen molar-refractivity contribution < 1.29 is 18.9 Å². The van der Waals surface area contributed by atoms with Crippen LogP contribution in [0, 0.1) is 0 Å². The van der Waals surface area contributed by atoms with E-state index in [0.29, 0.717) is 13.2 Å². The third-order valence-electron chi connectivity index (χ3n) is 1.60. The molecule has 1 saturated heterocycles. The van der Waals surface area contributed by atoms with Gasteiger partial charge in [0, 0.05) is 14.2 Å². The van der Waals surface area contributed by atoms with Crippen molar-refractivity contribution >= 4 is 0 Å². The second-order valence-electron chi connectivity index (χ2n) is 2.31. The molecule has 1 aliphatic heterocycles. The Kier molecular flexibility index (Phi) is 3.26. The lowest BCUT2D eigenvalue weighted by Gasteiger charge is -2.26. The number of hydrogen-bond acceptors (Lipinski definition) is 4. The standard InChI is InChI=1S/C7H14O4/c1-8-7(9-2)10-5-3-4-6-11-7/h3-6H2,1-2H3. The van der Waals surface area contributed by atoms with Gasteiger partial charge in [-0.15, -0.1) is 0 Å². The summed E-state index contributed by atoms with van der Waals surface area (Å²) in [6.07, 6.45) is 0.708. The Bertz CT molecular complexity index is 101. The molecule has 0 amide bonds. The molecule has 1 rings (SSSR count). The molecule has 0 unspecified atom stereocenters. The molecule has 4 heteroatoms. The Morgan fingerprint density at radius 3 is 1.82 bits per heavy atom. The smallest absolute Gasteiger partial charge is 0.307 e. The molecule has 0 aromatic carbocycles. The summed E-state index contributed by atoms with van der Waals surface area (Å²) in [6.45, 7) is 1.23. The molecule has 1 aliphatic rings. The van der Waals surface area contributed by atoms with Crippen LogP contribution in [0.1, 0.15) is 12.8 Å². The van der Waals surface area contributed by atoms with Crippen molar-refractivity contribution in [3.05, 3.63) is 0 Å². The lowest BCUT2D eigenvalue weighted by Crippen LogP contribution is -2.39. The Balaban J connectivity index is 2.49.